The predicted octanol–water partition coefficient (Wildman–Crippen LogP) is 2.76. The Hall–Kier alpha value is -2.22. The minimum absolute atomic E-state index is 0.150. The molecule has 8 heteroatoms. The third kappa shape index (κ3) is 5.66. The zero-order chi connectivity index (χ0) is 19.3. The number of ether oxygens (including phenoxy) is 2. The molecule has 0 saturated carbocycles. The van der Waals surface area contributed by atoms with Crippen LogP contribution in [0.2, 0.25) is 0 Å². The van der Waals surface area contributed by atoms with Gasteiger partial charge in [-0.3, -0.25) is 14.9 Å². The second-order valence-electron chi connectivity index (χ2n) is 6.84. The van der Waals surface area contributed by atoms with Crippen molar-refractivity contribution in [3.05, 3.63) is 29.8 Å². The Balaban J connectivity index is 1.98. The number of amides is 2. The van der Waals surface area contributed by atoms with E-state index in [1.165, 1.54) is 18.9 Å². The van der Waals surface area contributed by atoms with E-state index in [0.717, 1.165) is 0 Å². The summed E-state index contributed by atoms with van der Waals surface area (Å²) >= 11 is 1.50. The van der Waals surface area contributed by atoms with Gasteiger partial charge in [-0.2, -0.15) is 0 Å². The normalized spacial score (nSPS) is 17.4. The van der Waals surface area contributed by atoms with Crippen LogP contribution in [0.1, 0.15) is 31.1 Å². The van der Waals surface area contributed by atoms with Gasteiger partial charge in [0.05, 0.1) is 7.11 Å². The molecular weight excluding hydrogens is 356 g/mol. The monoisotopic (exact) mass is 380 g/mol. The van der Waals surface area contributed by atoms with Crippen molar-refractivity contribution in [2.75, 3.05) is 31.3 Å². The van der Waals surface area contributed by atoms with Gasteiger partial charge in [0, 0.05) is 30.1 Å². The van der Waals surface area contributed by atoms with Gasteiger partial charge in [0.2, 0.25) is 0 Å². The Morgan fingerprint density at radius 2 is 1.85 bits per heavy atom. The third-order valence-corrected chi connectivity index (χ3v) is 4.76. The molecule has 1 N–H and O–H groups in total. The number of nitrogens with one attached hydrogen (secondary N) is 1. The molecule has 26 heavy (non-hydrogen) atoms. The molecule has 1 aliphatic heterocycles. The summed E-state index contributed by atoms with van der Waals surface area (Å²) in [7, 11) is 1.35. The molecule has 1 heterocycles. The Bertz CT molecular complexity index is 669. The fourth-order valence-electron chi connectivity index (χ4n) is 2.41. The highest BCUT2D eigenvalue weighted by Gasteiger charge is 2.30. The highest BCUT2D eigenvalue weighted by Crippen LogP contribution is 2.22. The first-order chi connectivity index (χ1) is 12.2. The van der Waals surface area contributed by atoms with E-state index in [1.807, 2.05) is 0 Å². The highest BCUT2D eigenvalue weighted by atomic mass is 32.2. The van der Waals surface area contributed by atoms with Crippen molar-refractivity contribution in [2.45, 2.75) is 31.6 Å². The molecule has 1 aromatic carbocycles. The van der Waals surface area contributed by atoms with Gasteiger partial charge in [0.1, 0.15) is 10.9 Å². The Morgan fingerprint density at radius 3 is 2.42 bits per heavy atom. The minimum Gasteiger partial charge on any atom is -0.468 e. The molecule has 0 bridgehead atoms. The number of carbonyl (C=O) groups is 3. The van der Waals surface area contributed by atoms with E-state index in [1.54, 1.807) is 49.9 Å². The van der Waals surface area contributed by atoms with Crippen LogP contribution >= 0.6 is 11.8 Å². The number of rotatable bonds is 3. The van der Waals surface area contributed by atoms with Crippen molar-refractivity contribution >= 4 is 35.4 Å². The molecule has 1 saturated heterocycles. The molecule has 0 aliphatic carbocycles. The van der Waals surface area contributed by atoms with E-state index >= 15 is 0 Å². The molecule has 1 aromatic rings. The van der Waals surface area contributed by atoms with Crippen molar-refractivity contribution < 1.29 is 23.9 Å². The van der Waals surface area contributed by atoms with Crippen LogP contribution in [0.25, 0.3) is 0 Å². The van der Waals surface area contributed by atoms with Crippen LogP contribution in [-0.4, -0.2) is 59.7 Å². The summed E-state index contributed by atoms with van der Waals surface area (Å²) in [6.45, 7) is 6.26. The molecule has 0 spiro atoms. The second kappa shape index (κ2) is 8.44. The maximum atomic E-state index is 12.6. The number of benzene rings is 1. The van der Waals surface area contributed by atoms with Crippen LogP contribution in [0.3, 0.4) is 0 Å². The molecular formula is C18H24N2O5S. The van der Waals surface area contributed by atoms with Gasteiger partial charge in [-0.05, 0) is 45.0 Å². The first kappa shape index (κ1) is 20.1. The molecule has 0 aromatic heterocycles. The van der Waals surface area contributed by atoms with Gasteiger partial charge in [-0.15, -0.1) is 11.8 Å². The Morgan fingerprint density at radius 1 is 1.19 bits per heavy atom. The average molecular weight is 380 g/mol. The lowest BCUT2D eigenvalue weighted by atomic mass is 10.1. The molecule has 2 amide bonds. The molecule has 142 valence electrons. The topological polar surface area (TPSA) is 84.9 Å². The molecule has 0 unspecified atom stereocenters. The number of thioether (sulfide) groups is 1. The summed E-state index contributed by atoms with van der Waals surface area (Å²) in [5.74, 6) is 0.219. The van der Waals surface area contributed by atoms with Crippen LogP contribution in [0.5, 0.6) is 0 Å². The maximum Gasteiger partial charge on any atom is 0.412 e. The highest BCUT2D eigenvalue weighted by molar-refractivity contribution is 8.00. The van der Waals surface area contributed by atoms with Crippen LogP contribution in [0, 0.1) is 0 Å². The van der Waals surface area contributed by atoms with E-state index in [0.29, 0.717) is 30.1 Å². The summed E-state index contributed by atoms with van der Waals surface area (Å²) in [6.07, 6.45) is -0.550. The van der Waals surface area contributed by atoms with Gasteiger partial charge < -0.3 is 14.4 Å². The molecule has 0 radical (unpaired) electrons. The largest absolute Gasteiger partial charge is 0.468 e. The van der Waals surface area contributed by atoms with Crippen molar-refractivity contribution in [1.82, 2.24) is 4.90 Å². The van der Waals surface area contributed by atoms with Gasteiger partial charge in [-0.1, -0.05) is 0 Å². The van der Waals surface area contributed by atoms with Gasteiger partial charge in [-0.25, -0.2) is 4.79 Å². The minimum atomic E-state index is -0.581. The fourth-order valence-corrected chi connectivity index (χ4v) is 3.54. The molecule has 7 nitrogen and oxygen atoms in total. The number of hydrogen-bond donors (Lipinski definition) is 1. The molecule has 2 rings (SSSR count). The summed E-state index contributed by atoms with van der Waals surface area (Å²) in [5, 5.41) is 2.27. The lowest BCUT2D eigenvalue weighted by molar-refractivity contribution is -0.140. The number of nitrogens with zero attached hydrogens (tertiary/aromatic N) is 1. The quantitative estimate of drug-likeness (QED) is 0.812. The van der Waals surface area contributed by atoms with Crippen LogP contribution in [0.15, 0.2) is 24.3 Å². The Kier molecular flexibility index (Phi) is 6.52. The molecule has 1 aliphatic rings. The van der Waals surface area contributed by atoms with E-state index < -0.39 is 11.7 Å². The zero-order valence-corrected chi connectivity index (χ0v) is 16.2. The summed E-state index contributed by atoms with van der Waals surface area (Å²) in [5.41, 5.74) is 0.454. The fraction of sp³-hybridized carbons (Fsp3) is 0.500. The van der Waals surface area contributed by atoms with E-state index in [-0.39, 0.29) is 17.1 Å². The maximum absolute atomic E-state index is 12.6. The molecule has 1 fully saturated rings. The molecule has 1 atom stereocenters. The Labute approximate surface area is 157 Å². The van der Waals surface area contributed by atoms with Crippen molar-refractivity contribution in [1.29, 1.82) is 0 Å². The summed E-state index contributed by atoms with van der Waals surface area (Å²) in [4.78, 5) is 37.7. The van der Waals surface area contributed by atoms with Crippen molar-refractivity contribution in [3.63, 3.8) is 0 Å². The zero-order valence-electron chi connectivity index (χ0n) is 15.4. The van der Waals surface area contributed by atoms with Gasteiger partial charge >= 0.3 is 12.1 Å². The average Bonchev–Trinajstić information content (AvgIpc) is 2.59. The van der Waals surface area contributed by atoms with Crippen molar-refractivity contribution in [3.8, 4) is 0 Å². The van der Waals surface area contributed by atoms with Gasteiger partial charge in [0.15, 0.2) is 0 Å². The van der Waals surface area contributed by atoms with Crippen molar-refractivity contribution in [2.24, 2.45) is 0 Å². The third-order valence-electron chi connectivity index (χ3n) is 3.59. The lowest BCUT2D eigenvalue weighted by Gasteiger charge is -2.31. The van der Waals surface area contributed by atoms with Crippen LogP contribution in [0.4, 0.5) is 10.5 Å². The number of esters is 1. The second-order valence-corrected chi connectivity index (χ2v) is 8.15. The number of methoxy groups -OCH3 is 1. The van der Waals surface area contributed by atoms with E-state index in [4.69, 9.17) is 9.47 Å². The van der Waals surface area contributed by atoms with E-state index in [2.05, 4.69) is 5.32 Å². The number of hydrogen-bond acceptors (Lipinski definition) is 6. The van der Waals surface area contributed by atoms with Crippen LogP contribution in [-0.2, 0) is 14.3 Å². The lowest BCUT2D eigenvalue weighted by Crippen LogP contribution is -2.44. The van der Waals surface area contributed by atoms with Crippen LogP contribution < -0.4 is 5.32 Å². The number of anilines is 1. The summed E-state index contributed by atoms with van der Waals surface area (Å²) < 4.78 is 9.95. The predicted molar refractivity (Wildman–Crippen MR) is 100 cm³/mol. The number of carbonyl (C=O) groups excluding carboxylic acids is 3. The smallest absolute Gasteiger partial charge is 0.412 e. The SMILES string of the molecule is COC(=O)[C@@H]1CN(C(=O)c2ccc(NC(=O)OC(C)(C)C)cc2)CCS1. The van der Waals surface area contributed by atoms with Gasteiger partial charge in [0.25, 0.3) is 5.91 Å². The first-order valence-corrected chi connectivity index (χ1v) is 9.33. The first-order valence-electron chi connectivity index (χ1n) is 8.28. The standard InChI is InChI=1S/C18H24N2O5S/c1-18(2,3)25-17(23)19-13-7-5-12(6-8-13)15(21)20-9-10-26-14(11-20)16(22)24-4/h5-8,14H,9-11H2,1-4H3,(H,19,23)/t14-/m0/s1. The summed E-state index contributed by atoms with van der Waals surface area (Å²) in [6, 6.07) is 6.58. The van der Waals surface area contributed by atoms with E-state index in [9.17, 15) is 14.4 Å².